The zero-order chi connectivity index (χ0) is 22.7. The van der Waals surface area contributed by atoms with Crippen LogP contribution in [0.3, 0.4) is 0 Å². The Hall–Kier alpha value is -3.71. The van der Waals surface area contributed by atoms with E-state index in [-0.39, 0.29) is 17.2 Å². The molecule has 2 N–H and O–H groups in total. The summed E-state index contributed by atoms with van der Waals surface area (Å²) in [6.07, 6.45) is 0.377. The van der Waals surface area contributed by atoms with Crippen molar-refractivity contribution in [1.29, 1.82) is 0 Å². The molecule has 3 aromatic rings. The first-order chi connectivity index (χ1) is 15.4. The van der Waals surface area contributed by atoms with Crippen LogP contribution in [0, 0.1) is 12.1 Å². The average molecular weight is 450 g/mol. The van der Waals surface area contributed by atoms with Gasteiger partial charge in [0.15, 0.2) is 0 Å². The second-order valence-corrected chi connectivity index (χ2v) is 8.90. The van der Waals surface area contributed by atoms with Gasteiger partial charge in [-0.2, -0.15) is 4.31 Å². The minimum Gasteiger partial charge on any atom is -0.423 e. The van der Waals surface area contributed by atoms with Gasteiger partial charge >= 0.3 is 5.97 Å². The number of sulfonamides is 1. The number of benzene rings is 2. The van der Waals surface area contributed by atoms with Crippen molar-refractivity contribution >= 4 is 21.9 Å². The van der Waals surface area contributed by atoms with Crippen LogP contribution in [-0.4, -0.2) is 36.4 Å². The summed E-state index contributed by atoms with van der Waals surface area (Å²) in [5, 5.41) is 9.19. The Labute approximate surface area is 185 Å². The number of ether oxygens (including phenoxy) is 1. The average Bonchev–Trinajstić information content (AvgIpc) is 2.83. The molecule has 3 aromatic carbocycles. The van der Waals surface area contributed by atoms with E-state index in [0.29, 0.717) is 17.5 Å². The fourth-order valence-corrected chi connectivity index (χ4v) is 5.10. The minimum atomic E-state index is -4.12. The fraction of sp³-hybridized carbons (Fsp3) is 0.130. The van der Waals surface area contributed by atoms with Gasteiger partial charge in [-0.25, -0.2) is 18.7 Å². The molecule has 0 saturated heterocycles. The van der Waals surface area contributed by atoms with Gasteiger partial charge in [-0.3, -0.25) is 10.0 Å². The van der Waals surface area contributed by atoms with Crippen molar-refractivity contribution in [2.24, 2.45) is 0 Å². The number of nitrogens with one attached hydrogen (secondary N) is 1. The lowest BCUT2D eigenvalue weighted by atomic mass is 9.95. The minimum absolute atomic E-state index is 0.0377. The molecule has 1 amide bonds. The van der Waals surface area contributed by atoms with Crippen molar-refractivity contribution in [3.8, 4) is 5.75 Å². The van der Waals surface area contributed by atoms with Crippen molar-refractivity contribution in [1.82, 2.24) is 9.79 Å². The second-order valence-electron chi connectivity index (χ2n) is 7.01. The van der Waals surface area contributed by atoms with Gasteiger partial charge in [0.05, 0.1) is 10.5 Å². The van der Waals surface area contributed by atoms with Crippen LogP contribution in [-0.2, 0) is 21.2 Å². The third-order valence-corrected chi connectivity index (χ3v) is 6.97. The first kappa shape index (κ1) is 21.5. The number of carbonyl (C=O) groups is 2. The van der Waals surface area contributed by atoms with Gasteiger partial charge in [-0.05, 0) is 60.5 Å². The Balaban J connectivity index is 1.60. The Morgan fingerprint density at radius 2 is 1.78 bits per heavy atom. The molecule has 0 radical (unpaired) electrons. The highest BCUT2D eigenvalue weighted by atomic mass is 32.2. The lowest BCUT2D eigenvalue weighted by Gasteiger charge is -2.33. The monoisotopic (exact) mass is 450 g/mol. The van der Waals surface area contributed by atoms with E-state index in [2.05, 4.69) is 12.1 Å². The largest absolute Gasteiger partial charge is 0.423 e. The van der Waals surface area contributed by atoms with Crippen LogP contribution >= 0.6 is 0 Å². The third-order valence-electron chi connectivity index (χ3n) is 5.09. The normalized spacial score (nSPS) is 15.8. The highest BCUT2D eigenvalue weighted by molar-refractivity contribution is 7.89. The summed E-state index contributed by atoms with van der Waals surface area (Å²) in [5.74, 6) is -1.28. The van der Waals surface area contributed by atoms with Crippen LogP contribution < -0.4 is 10.2 Å². The molecule has 0 spiro atoms. The highest BCUT2D eigenvalue weighted by Crippen LogP contribution is 2.33. The lowest BCUT2D eigenvalue weighted by molar-refractivity contribution is -0.133. The predicted octanol–water partition coefficient (Wildman–Crippen LogP) is 2.30. The summed E-state index contributed by atoms with van der Waals surface area (Å²) in [6, 6.07) is 21.3. The smallest absolute Gasteiger partial charge is 0.343 e. The van der Waals surface area contributed by atoms with Gasteiger partial charge in [0.2, 0.25) is 10.0 Å². The number of fused-ring (bicyclic) bond motifs is 1. The second kappa shape index (κ2) is 8.80. The van der Waals surface area contributed by atoms with Crippen molar-refractivity contribution in [2.45, 2.75) is 17.4 Å². The summed E-state index contributed by atoms with van der Waals surface area (Å²) < 4.78 is 32.9. The molecule has 1 aliphatic rings. The molecule has 162 valence electrons. The highest BCUT2D eigenvalue weighted by Gasteiger charge is 2.40. The molecule has 0 fully saturated rings. The molecule has 32 heavy (non-hydrogen) atoms. The van der Waals surface area contributed by atoms with Crippen LogP contribution in [0.1, 0.15) is 27.5 Å². The first-order valence-corrected chi connectivity index (χ1v) is 11.1. The quantitative estimate of drug-likeness (QED) is 0.267. The van der Waals surface area contributed by atoms with Gasteiger partial charge in [0.25, 0.3) is 5.91 Å². The maximum absolute atomic E-state index is 13.3. The van der Waals surface area contributed by atoms with E-state index < -0.39 is 27.9 Å². The molecular weight excluding hydrogens is 432 g/mol. The topological polar surface area (TPSA) is 113 Å². The van der Waals surface area contributed by atoms with E-state index in [4.69, 9.17) is 4.74 Å². The van der Waals surface area contributed by atoms with Gasteiger partial charge in [0.1, 0.15) is 11.8 Å². The molecule has 1 atom stereocenters. The molecular formula is C23H18N2O6S. The van der Waals surface area contributed by atoms with Crippen LogP contribution in [0.15, 0.2) is 71.6 Å². The molecule has 9 heteroatoms. The number of hydrogen-bond donors (Lipinski definition) is 2. The number of nitrogens with zero attached hydrogens (tertiary/aromatic N) is 1. The van der Waals surface area contributed by atoms with Crippen molar-refractivity contribution in [3.63, 3.8) is 0 Å². The van der Waals surface area contributed by atoms with E-state index in [1.165, 1.54) is 29.7 Å². The van der Waals surface area contributed by atoms with Crippen LogP contribution in [0.5, 0.6) is 5.75 Å². The van der Waals surface area contributed by atoms with Gasteiger partial charge in [-0.1, -0.05) is 30.3 Å². The molecule has 1 heterocycles. The van der Waals surface area contributed by atoms with E-state index in [9.17, 15) is 23.2 Å². The number of amides is 1. The Bertz CT molecular complexity index is 1240. The van der Waals surface area contributed by atoms with Crippen molar-refractivity contribution < 1.29 is 28.0 Å². The number of hydrogen-bond acceptors (Lipinski definition) is 6. The third kappa shape index (κ3) is 4.07. The van der Waals surface area contributed by atoms with Crippen LogP contribution in [0.2, 0.25) is 0 Å². The van der Waals surface area contributed by atoms with Crippen molar-refractivity contribution in [3.05, 3.63) is 95.6 Å². The molecule has 8 nitrogen and oxygen atoms in total. The van der Waals surface area contributed by atoms with E-state index in [1.807, 2.05) is 0 Å². The van der Waals surface area contributed by atoms with E-state index >= 15 is 0 Å². The number of esters is 1. The fourth-order valence-electron chi connectivity index (χ4n) is 3.53. The molecule has 0 aliphatic carbocycles. The number of rotatable bonds is 5. The van der Waals surface area contributed by atoms with E-state index in [0.717, 1.165) is 9.87 Å². The summed E-state index contributed by atoms with van der Waals surface area (Å²) >= 11 is 0. The number of hydroxylamine groups is 1. The summed E-state index contributed by atoms with van der Waals surface area (Å²) in [5.41, 5.74) is 2.99. The lowest BCUT2D eigenvalue weighted by Crippen LogP contribution is -2.46. The Morgan fingerprint density at radius 3 is 2.47 bits per heavy atom. The maximum atomic E-state index is 13.3. The SMILES string of the molecule is O=C(Oc1ccc(S(=O)(=O)N2CCc3ccc#cc3[C@@H]2C(=O)NO)cc1)c1ccccc1. The van der Waals surface area contributed by atoms with E-state index in [1.54, 1.807) is 42.5 Å². The van der Waals surface area contributed by atoms with Gasteiger partial charge in [-0.15, -0.1) is 0 Å². The number of carbonyl (C=O) groups excluding carboxylic acids is 2. The molecule has 0 saturated carbocycles. The Morgan fingerprint density at radius 1 is 1.06 bits per heavy atom. The summed E-state index contributed by atoms with van der Waals surface area (Å²) in [7, 11) is -4.12. The zero-order valence-electron chi connectivity index (χ0n) is 16.7. The first-order valence-electron chi connectivity index (χ1n) is 9.66. The molecule has 4 rings (SSSR count). The Kier molecular flexibility index (Phi) is 5.92. The summed E-state index contributed by atoms with van der Waals surface area (Å²) in [6.45, 7) is 0.0377. The maximum Gasteiger partial charge on any atom is 0.343 e. The molecule has 1 aliphatic heterocycles. The standard InChI is InChI=1S/C23H18N2O6S/c26-22(24-28)21-20-9-5-4-6-16(20)14-15-25(21)32(29,30)19-12-10-18(11-13-19)31-23(27)17-7-2-1-3-8-17/h1-4,6-8,10-13,21,28H,14-15H2,(H,24,26)/t21-/m1/s1. The molecule has 0 aromatic heterocycles. The van der Waals surface area contributed by atoms with Crippen LogP contribution in [0.25, 0.3) is 0 Å². The summed E-state index contributed by atoms with van der Waals surface area (Å²) in [4.78, 5) is 24.5. The predicted molar refractivity (Wildman–Crippen MR) is 112 cm³/mol. The van der Waals surface area contributed by atoms with Gasteiger partial charge in [0, 0.05) is 12.1 Å². The van der Waals surface area contributed by atoms with Crippen molar-refractivity contribution in [2.75, 3.05) is 6.54 Å². The zero-order valence-corrected chi connectivity index (χ0v) is 17.5. The molecule has 0 unspecified atom stereocenters. The van der Waals surface area contributed by atoms with Crippen LogP contribution in [0.4, 0.5) is 0 Å². The van der Waals surface area contributed by atoms with Gasteiger partial charge < -0.3 is 4.74 Å². The molecule has 0 bridgehead atoms.